The second-order valence-electron chi connectivity index (χ2n) is 12.7. The Morgan fingerprint density at radius 3 is 2.32 bits per heavy atom. The number of nitrogens with zero attached hydrogens (tertiary/aromatic N) is 1. The van der Waals surface area contributed by atoms with Crippen LogP contribution < -0.4 is 27.0 Å². The first-order valence-electron chi connectivity index (χ1n) is 16.7. The average Bonchev–Trinajstić information content (AvgIpc) is 3.35. The Hall–Kier alpha value is -4.86. The van der Waals surface area contributed by atoms with Crippen LogP contribution in [0, 0.1) is 23.7 Å². The zero-order chi connectivity index (χ0) is 37.2. The fourth-order valence-electron chi connectivity index (χ4n) is 5.26. The van der Waals surface area contributed by atoms with Gasteiger partial charge in [-0.3, -0.25) is 28.9 Å². The number of carbonyl (C=O) groups excluding carboxylic acids is 8. The lowest BCUT2D eigenvalue weighted by Gasteiger charge is -2.24. The van der Waals surface area contributed by atoms with Crippen molar-refractivity contribution in [2.45, 2.75) is 72.4 Å². The number of urea groups is 1. The summed E-state index contributed by atoms with van der Waals surface area (Å²) in [6.45, 7) is 7.52. The molecule has 0 radical (unpaired) electrons. The van der Waals surface area contributed by atoms with Crippen LogP contribution in [0.2, 0.25) is 0 Å². The lowest BCUT2D eigenvalue weighted by atomic mass is 9.89. The topological polar surface area (TPSA) is 232 Å². The summed E-state index contributed by atoms with van der Waals surface area (Å²) in [6, 6.07) is 4.91. The number of nitrogens with one attached hydrogen (secondary N) is 4. The number of ketones is 1. The summed E-state index contributed by atoms with van der Waals surface area (Å²) in [7, 11) is 0. The normalized spacial score (nSPS) is 15.4. The molecule has 0 aliphatic carbocycles. The van der Waals surface area contributed by atoms with Gasteiger partial charge in [0.05, 0.1) is 32.3 Å². The van der Waals surface area contributed by atoms with Crippen LogP contribution in [0.1, 0.15) is 65.4 Å². The number of carbonyl (C=O) groups is 8. The number of rotatable bonds is 22. The van der Waals surface area contributed by atoms with Gasteiger partial charge in [0.2, 0.25) is 23.6 Å². The third kappa shape index (κ3) is 14.3. The number of nitrogens with two attached hydrogens (primary N) is 1. The van der Waals surface area contributed by atoms with E-state index < -0.39 is 35.9 Å². The zero-order valence-corrected chi connectivity index (χ0v) is 29.2. The minimum absolute atomic E-state index is 0.0187. The van der Waals surface area contributed by atoms with Crippen LogP contribution in [-0.2, 0) is 44.8 Å². The maximum Gasteiger partial charge on any atom is 0.407 e. The fourth-order valence-corrected chi connectivity index (χ4v) is 5.26. The number of likely N-dealkylation sites (tertiary alicyclic amines) is 1. The van der Waals surface area contributed by atoms with Gasteiger partial charge >= 0.3 is 12.1 Å². The number of anilines is 1. The van der Waals surface area contributed by atoms with Crippen LogP contribution in [0.5, 0.6) is 0 Å². The molecule has 6 N–H and O–H groups in total. The van der Waals surface area contributed by atoms with Gasteiger partial charge in [0.25, 0.3) is 0 Å². The molecule has 1 heterocycles. The molecule has 2 rings (SSSR count). The van der Waals surface area contributed by atoms with E-state index in [0.29, 0.717) is 24.0 Å². The molecule has 1 aliphatic rings. The van der Waals surface area contributed by atoms with E-state index in [1.807, 2.05) is 13.8 Å². The molecular weight excluding hydrogens is 652 g/mol. The standard InChI is InChI=1S/C34H50N6O10/c1-21(2)26-19-29(44)40(32(26)46)14-17-49-16-11-28(43)39-30(22(3)4)27(42)18-24(6-5-12-36-33(35)47)31(45)38-25-9-7-23(8-10-25)20-50-34(48)37-13-15-41/h7-10,15,21-22,24,26,30H,5-6,11-14,16-20H2,1-4H3,(H,37,48)(H,38,45)(H,39,43)(H3,35,36,47)/t24?,26?,30-/m0/s1. The van der Waals surface area contributed by atoms with Crippen molar-refractivity contribution in [2.75, 3.05) is 38.2 Å². The van der Waals surface area contributed by atoms with Gasteiger partial charge < -0.3 is 41.3 Å². The van der Waals surface area contributed by atoms with E-state index >= 15 is 0 Å². The minimum atomic E-state index is -0.877. The fraction of sp³-hybridized carbons (Fsp3) is 0.588. The quantitative estimate of drug-likeness (QED) is 0.0666. The molecule has 0 aromatic heterocycles. The molecular formula is C34H50N6O10. The van der Waals surface area contributed by atoms with Gasteiger partial charge in [0.15, 0.2) is 5.78 Å². The SMILES string of the molecule is CC(C)C1CC(=O)N(CCOCCC(=O)N[C@H](C(=O)CC(CCCNC(N)=O)C(=O)Nc2ccc(COC(=O)NCC=O)cc2)C(C)C)C1=O. The van der Waals surface area contributed by atoms with Gasteiger partial charge in [-0.2, -0.15) is 0 Å². The molecule has 1 fully saturated rings. The number of ether oxygens (including phenoxy) is 2. The highest BCUT2D eigenvalue weighted by atomic mass is 16.5. The molecule has 7 amide bonds. The van der Waals surface area contributed by atoms with Crippen molar-refractivity contribution in [3.05, 3.63) is 29.8 Å². The third-order valence-electron chi connectivity index (χ3n) is 8.11. The monoisotopic (exact) mass is 702 g/mol. The number of alkyl carbamates (subject to hydrolysis) is 1. The third-order valence-corrected chi connectivity index (χ3v) is 8.11. The molecule has 16 heteroatoms. The number of imide groups is 1. The first kappa shape index (κ1) is 41.3. The van der Waals surface area contributed by atoms with Crippen molar-refractivity contribution in [3.63, 3.8) is 0 Å². The summed E-state index contributed by atoms with van der Waals surface area (Å²) in [5, 5.41) is 10.2. The molecule has 16 nitrogen and oxygen atoms in total. The van der Waals surface area contributed by atoms with Crippen LogP contribution in [0.3, 0.4) is 0 Å². The number of hydrogen-bond acceptors (Lipinski definition) is 10. The molecule has 2 unspecified atom stereocenters. The Balaban J connectivity index is 1.93. The summed E-state index contributed by atoms with van der Waals surface area (Å²) >= 11 is 0. The van der Waals surface area contributed by atoms with Crippen molar-refractivity contribution in [2.24, 2.45) is 29.4 Å². The van der Waals surface area contributed by atoms with Gasteiger partial charge in [-0.15, -0.1) is 0 Å². The van der Waals surface area contributed by atoms with Crippen LogP contribution in [-0.4, -0.2) is 91.6 Å². The number of benzene rings is 1. The highest BCUT2D eigenvalue weighted by Gasteiger charge is 2.39. The van der Waals surface area contributed by atoms with E-state index in [9.17, 15) is 38.4 Å². The van der Waals surface area contributed by atoms with Crippen molar-refractivity contribution < 1.29 is 47.8 Å². The number of amides is 7. The molecule has 1 aromatic rings. The molecule has 276 valence electrons. The van der Waals surface area contributed by atoms with E-state index in [-0.39, 0.29) is 100 Å². The number of aldehydes is 1. The van der Waals surface area contributed by atoms with Gasteiger partial charge in [0.1, 0.15) is 12.9 Å². The van der Waals surface area contributed by atoms with Crippen LogP contribution in [0.4, 0.5) is 15.3 Å². The van der Waals surface area contributed by atoms with Gasteiger partial charge in [0, 0.05) is 43.3 Å². The summed E-state index contributed by atoms with van der Waals surface area (Å²) in [6.07, 6.45) is 0.334. The zero-order valence-electron chi connectivity index (χ0n) is 29.2. The summed E-state index contributed by atoms with van der Waals surface area (Å²) in [5.41, 5.74) is 6.21. The first-order chi connectivity index (χ1) is 23.7. The Labute approximate surface area is 291 Å². The van der Waals surface area contributed by atoms with Gasteiger partial charge in [-0.25, -0.2) is 9.59 Å². The van der Waals surface area contributed by atoms with Crippen LogP contribution in [0.25, 0.3) is 0 Å². The smallest absolute Gasteiger partial charge is 0.407 e. The molecule has 1 aromatic carbocycles. The molecule has 0 bridgehead atoms. The number of Topliss-reactive ketones (excluding diaryl/α,β-unsaturated/α-hetero) is 1. The summed E-state index contributed by atoms with van der Waals surface area (Å²) in [4.78, 5) is 98.4. The number of hydrogen-bond donors (Lipinski definition) is 5. The van der Waals surface area contributed by atoms with Crippen molar-refractivity contribution in [3.8, 4) is 0 Å². The minimum Gasteiger partial charge on any atom is -0.445 e. The average molecular weight is 703 g/mol. The number of primary amides is 1. The maximum atomic E-state index is 13.5. The predicted molar refractivity (Wildman–Crippen MR) is 181 cm³/mol. The second-order valence-corrected chi connectivity index (χ2v) is 12.7. The van der Waals surface area contributed by atoms with E-state index in [1.54, 1.807) is 38.1 Å². The van der Waals surface area contributed by atoms with Crippen molar-refractivity contribution in [1.29, 1.82) is 0 Å². The highest BCUT2D eigenvalue weighted by molar-refractivity contribution is 6.03. The first-order valence-corrected chi connectivity index (χ1v) is 16.7. The van der Waals surface area contributed by atoms with E-state index in [4.69, 9.17) is 15.2 Å². The molecule has 50 heavy (non-hydrogen) atoms. The second kappa shape index (κ2) is 21.3. The van der Waals surface area contributed by atoms with Gasteiger partial charge in [-0.05, 0) is 42.4 Å². The summed E-state index contributed by atoms with van der Waals surface area (Å²) in [5.74, 6) is -3.00. The molecule has 1 saturated heterocycles. The molecule has 0 spiro atoms. The van der Waals surface area contributed by atoms with E-state index in [2.05, 4.69) is 21.3 Å². The largest absolute Gasteiger partial charge is 0.445 e. The van der Waals surface area contributed by atoms with Gasteiger partial charge in [-0.1, -0.05) is 39.8 Å². The van der Waals surface area contributed by atoms with Crippen LogP contribution >= 0.6 is 0 Å². The van der Waals surface area contributed by atoms with Crippen molar-refractivity contribution >= 4 is 53.5 Å². The van der Waals surface area contributed by atoms with Crippen LogP contribution in [0.15, 0.2) is 24.3 Å². The molecule has 3 atom stereocenters. The Bertz CT molecular complexity index is 1350. The summed E-state index contributed by atoms with van der Waals surface area (Å²) < 4.78 is 10.5. The lowest BCUT2D eigenvalue weighted by molar-refractivity contribution is -0.141. The van der Waals surface area contributed by atoms with E-state index in [1.165, 1.54) is 4.90 Å². The maximum absolute atomic E-state index is 13.5. The van der Waals surface area contributed by atoms with E-state index in [0.717, 1.165) is 0 Å². The predicted octanol–water partition coefficient (Wildman–Crippen LogP) is 1.65. The Morgan fingerprint density at radius 1 is 1.02 bits per heavy atom. The lowest BCUT2D eigenvalue weighted by Crippen LogP contribution is -2.46. The molecule has 0 saturated carbocycles. The molecule has 1 aliphatic heterocycles. The Morgan fingerprint density at radius 2 is 1.72 bits per heavy atom. The van der Waals surface area contributed by atoms with Crippen molar-refractivity contribution in [1.82, 2.24) is 20.9 Å². The highest BCUT2D eigenvalue weighted by Crippen LogP contribution is 2.26. The Kier molecular flexibility index (Phi) is 17.6.